The monoisotopic (exact) mass is 320 g/mol. The van der Waals surface area contributed by atoms with E-state index in [4.69, 9.17) is 0 Å². The highest BCUT2D eigenvalue weighted by molar-refractivity contribution is 6.02. The highest BCUT2D eigenvalue weighted by Crippen LogP contribution is 2.30. The van der Waals surface area contributed by atoms with Crippen molar-refractivity contribution >= 4 is 29.3 Å². The highest BCUT2D eigenvalue weighted by atomic mass is 16.2. The molecule has 0 saturated carbocycles. The lowest BCUT2D eigenvalue weighted by Crippen LogP contribution is -2.25. The molecule has 0 bridgehead atoms. The molecule has 0 unspecified atom stereocenters. The van der Waals surface area contributed by atoms with Crippen LogP contribution in [-0.2, 0) is 16.0 Å². The van der Waals surface area contributed by atoms with E-state index in [2.05, 4.69) is 5.32 Å². The summed E-state index contributed by atoms with van der Waals surface area (Å²) in [5.74, 6) is -0.122. The van der Waals surface area contributed by atoms with Gasteiger partial charge in [-0.1, -0.05) is 29.8 Å². The van der Waals surface area contributed by atoms with Gasteiger partial charge in [0.1, 0.15) is 0 Å². The van der Waals surface area contributed by atoms with E-state index < -0.39 is 0 Å². The van der Waals surface area contributed by atoms with Crippen molar-refractivity contribution in [1.29, 1.82) is 0 Å². The molecule has 122 valence electrons. The third kappa shape index (κ3) is 3.54. The molecule has 3 rings (SSSR count). The highest BCUT2D eigenvalue weighted by Gasteiger charge is 2.22. The summed E-state index contributed by atoms with van der Waals surface area (Å²) in [4.78, 5) is 25.4. The van der Waals surface area contributed by atoms with Crippen LogP contribution in [0.4, 0.5) is 11.4 Å². The SMILES string of the molecule is CC(=O)N1CCc2cc(NC(=O)/C=C/c3ccc(C)cc3)ccc21. The van der Waals surface area contributed by atoms with Crippen molar-refractivity contribution in [2.24, 2.45) is 0 Å². The number of nitrogens with one attached hydrogen (secondary N) is 1. The Morgan fingerprint density at radius 3 is 2.58 bits per heavy atom. The fourth-order valence-electron chi connectivity index (χ4n) is 2.84. The van der Waals surface area contributed by atoms with Gasteiger partial charge in [0.2, 0.25) is 11.8 Å². The van der Waals surface area contributed by atoms with Gasteiger partial charge in [-0.25, -0.2) is 0 Å². The molecule has 1 aliphatic rings. The van der Waals surface area contributed by atoms with Crippen LogP contribution in [0.5, 0.6) is 0 Å². The normalized spacial score (nSPS) is 13.2. The fraction of sp³-hybridized carbons (Fsp3) is 0.200. The second-order valence-corrected chi connectivity index (χ2v) is 6.00. The number of hydrogen-bond acceptors (Lipinski definition) is 2. The Bertz CT molecular complexity index is 807. The first kappa shape index (κ1) is 16.0. The number of rotatable bonds is 3. The number of fused-ring (bicyclic) bond motifs is 1. The van der Waals surface area contributed by atoms with E-state index in [1.807, 2.05) is 49.4 Å². The lowest BCUT2D eigenvalue weighted by atomic mass is 10.1. The summed E-state index contributed by atoms with van der Waals surface area (Å²) in [5.41, 5.74) is 4.95. The number of carbonyl (C=O) groups is 2. The van der Waals surface area contributed by atoms with Gasteiger partial charge in [0.05, 0.1) is 0 Å². The van der Waals surface area contributed by atoms with Gasteiger partial charge in [-0.05, 0) is 48.7 Å². The van der Waals surface area contributed by atoms with Gasteiger partial charge in [-0.2, -0.15) is 0 Å². The standard InChI is InChI=1S/C20H20N2O2/c1-14-3-5-16(6-4-14)7-10-20(24)21-18-8-9-19-17(13-18)11-12-22(19)15(2)23/h3-10,13H,11-12H2,1-2H3,(H,21,24)/b10-7+. The van der Waals surface area contributed by atoms with Crippen LogP contribution in [0.2, 0.25) is 0 Å². The van der Waals surface area contributed by atoms with E-state index in [1.165, 1.54) is 11.6 Å². The second-order valence-electron chi connectivity index (χ2n) is 6.00. The number of anilines is 2. The Morgan fingerprint density at radius 1 is 1.12 bits per heavy atom. The van der Waals surface area contributed by atoms with Crippen molar-refractivity contribution < 1.29 is 9.59 Å². The van der Waals surface area contributed by atoms with Crippen molar-refractivity contribution in [3.8, 4) is 0 Å². The minimum Gasteiger partial charge on any atom is -0.323 e. The lowest BCUT2D eigenvalue weighted by Gasteiger charge is -2.14. The zero-order valence-corrected chi connectivity index (χ0v) is 13.9. The van der Waals surface area contributed by atoms with Crippen LogP contribution >= 0.6 is 0 Å². The Morgan fingerprint density at radius 2 is 1.88 bits per heavy atom. The van der Waals surface area contributed by atoms with Crippen molar-refractivity contribution in [1.82, 2.24) is 0 Å². The minimum atomic E-state index is -0.169. The molecule has 0 aromatic heterocycles. The van der Waals surface area contributed by atoms with Crippen molar-refractivity contribution in [3.05, 3.63) is 65.2 Å². The molecule has 0 radical (unpaired) electrons. The van der Waals surface area contributed by atoms with E-state index in [0.717, 1.165) is 28.9 Å². The van der Waals surface area contributed by atoms with Crippen molar-refractivity contribution in [2.75, 3.05) is 16.8 Å². The number of benzene rings is 2. The van der Waals surface area contributed by atoms with E-state index >= 15 is 0 Å². The average molecular weight is 320 g/mol. The van der Waals surface area contributed by atoms with Gasteiger partial charge in [0, 0.05) is 30.9 Å². The molecular weight excluding hydrogens is 300 g/mol. The van der Waals surface area contributed by atoms with Gasteiger partial charge in [-0.15, -0.1) is 0 Å². The molecule has 0 fully saturated rings. The zero-order valence-electron chi connectivity index (χ0n) is 13.9. The zero-order chi connectivity index (χ0) is 17.1. The molecule has 4 heteroatoms. The van der Waals surface area contributed by atoms with E-state index in [9.17, 15) is 9.59 Å². The topological polar surface area (TPSA) is 49.4 Å². The lowest BCUT2D eigenvalue weighted by molar-refractivity contribution is -0.116. The molecule has 2 aromatic rings. The smallest absolute Gasteiger partial charge is 0.248 e. The van der Waals surface area contributed by atoms with Crippen molar-refractivity contribution in [3.63, 3.8) is 0 Å². The maximum Gasteiger partial charge on any atom is 0.248 e. The predicted molar refractivity (Wildman–Crippen MR) is 97.0 cm³/mol. The maximum absolute atomic E-state index is 12.1. The van der Waals surface area contributed by atoms with Crippen LogP contribution < -0.4 is 10.2 Å². The third-order valence-corrected chi connectivity index (χ3v) is 4.13. The van der Waals surface area contributed by atoms with Crippen molar-refractivity contribution in [2.45, 2.75) is 20.3 Å². The molecule has 0 saturated heterocycles. The summed E-state index contributed by atoms with van der Waals surface area (Å²) < 4.78 is 0. The van der Waals surface area contributed by atoms with Gasteiger partial charge in [0.15, 0.2) is 0 Å². The molecule has 1 aliphatic heterocycles. The fourth-order valence-corrected chi connectivity index (χ4v) is 2.84. The summed E-state index contributed by atoms with van der Waals surface area (Å²) in [6.45, 7) is 4.30. The van der Waals surface area contributed by atoms with E-state index in [0.29, 0.717) is 6.54 Å². The largest absolute Gasteiger partial charge is 0.323 e. The maximum atomic E-state index is 12.1. The minimum absolute atomic E-state index is 0.0477. The van der Waals surface area contributed by atoms with Crippen LogP contribution in [0.3, 0.4) is 0 Å². The molecule has 0 atom stereocenters. The number of carbonyl (C=O) groups excluding carboxylic acids is 2. The number of amides is 2. The van der Waals surface area contributed by atoms with Gasteiger partial charge in [-0.3, -0.25) is 9.59 Å². The van der Waals surface area contributed by atoms with Crippen LogP contribution in [-0.4, -0.2) is 18.4 Å². The molecule has 0 aliphatic carbocycles. The molecule has 1 N–H and O–H groups in total. The molecule has 0 spiro atoms. The Labute approximate surface area is 141 Å². The number of nitrogens with zero attached hydrogens (tertiary/aromatic N) is 1. The second kappa shape index (κ2) is 6.71. The first-order chi connectivity index (χ1) is 11.5. The predicted octanol–water partition coefficient (Wildman–Crippen LogP) is 3.56. The summed E-state index contributed by atoms with van der Waals surface area (Å²) in [6.07, 6.45) is 4.14. The Hall–Kier alpha value is -2.88. The van der Waals surface area contributed by atoms with Crippen LogP contribution in [0.1, 0.15) is 23.6 Å². The van der Waals surface area contributed by atoms with E-state index in [1.54, 1.807) is 17.9 Å². The van der Waals surface area contributed by atoms with Crippen LogP contribution in [0, 0.1) is 6.92 Å². The van der Waals surface area contributed by atoms with Gasteiger partial charge >= 0.3 is 0 Å². The summed E-state index contributed by atoms with van der Waals surface area (Å²) in [7, 11) is 0. The third-order valence-electron chi connectivity index (χ3n) is 4.13. The molecule has 2 amide bonds. The van der Waals surface area contributed by atoms with Gasteiger partial charge in [0.25, 0.3) is 0 Å². The van der Waals surface area contributed by atoms with E-state index in [-0.39, 0.29) is 11.8 Å². The quantitative estimate of drug-likeness (QED) is 0.879. The van der Waals surface area contributed by atoms with Crippen LogP contribution in [0.15, 0.2) is 48.5 Å². The first-order valence-electron chi connectivity index (χ1n) is 8.00. The molecule has 4 nitrogen and oxygen atoms in total. The number of aryl methyl sites for hydroxylation is 1. The molecular formula is C20H20N2O2. The first-order valence-corrected chi connectivity index (χ1v) is 8.00. The molecule has 1 heterocycles. The summed E-state index contributed by atoms with van der Waals surface area (Å²) in [5, 5.41) is 2.87. The molecule has 24 heavy (non-hydrogen) atoms. The summed E-state index contributed by atoms with van der Waals surface area (Å²) >= 11 is 0. The number of hydrogen-bond donors (Lipinski definition) is 1. The van der Waals surface area contributed by atoms with Gasteiger partial charge < -0.3 is 10.2 Å². The average Bonchev–Trinajstić information content (AvgIpc) is 2.97. The Kier molecular flexibility index (Phi) is 4.47. The molecule has 2 aromatic carbocycles. The Balaban J connectivity index is 1.67. The van der Waals surface area contributed by atoms with Crippen LogP contribution in [0.25, 0.3) is 6.08 Å². The summed E-state index contributed by atoms with van der Waals surface area (Å²) in [6, 6.07) is 13.6.